The zero-order chi connectivity index (χ0) is 18.1. The van der Waals surface area contributed by atoms with E-state index in [1.165, 1.54) is 28.2 Å². The van der Waals surface area contributed by atoms with E-state index in [0.29, 0.717) is 21.3 Å². The van der Waals surface area contributed by atoms with E-state index in [9.17, 15) is 9.18 Å². The highest BCUT2D eigenvalue weighted by atomic mass is 35.5. The Bertz CT molecular complexity index is 921. The molecule has 25 heavy (non-hydrogen) atoms. The lowest BCUT2D eigenvalue weighted by atomic mass is 10.2. The molecule has 1 N–H and O–H groups in total. The molecule has 2 aromatic heterocycles. The number of nitrogens with one attached hydrogen (secondary N) is 1. The Hall–Kier alpha value is -1.89. The molecule has 130 valence electrons. The van der Waals surface area contributed by atoms with E-state index < -0.39 is 0 Å². The molecule has 1 aromatic carbocycles. The van der Waals surface area contributed by atoms with Crippen LogP contribution in [0, 0.1) is 12.7 Å². The second-order valence-electron chi connectivity index (χ2n) is 5.48. The Balaban J connectivity index is 1.87. The van der Waals surface area contributed by atoms with Crippen LogP contribution in [0.15, 0.2) is 36.4 Å². The van der Waals surface area contributed by atoms with Gasteiger partial charge in [0.25, 0.3) is 5.91 Å². The van der Waals surface area contributed by atoms with Crippen molar-refractivity contribution in [3.8, 4) is 5.69 Å². The number of hydrogen-bond acceptors (Lipinski definition) is 3. The van der Waals surface area contributed by atoms with Crippen molar-refractivity contribution >= 4 is 40.4 Å². The van der Waals surface area contributed by atoms with Crippen molar-refractivity contribution in [2.24, 2.45) is 0 Å². The first kappa shape index (κ1) is 17.9. The van der Waals surface area contributed by atoms with Crippen molar-refractivity contribution in [1.29, 1.82) is 0 Å². The standard InChI is InChI=1S/C17H14Cl2FN3OS/c1-9(13-7-8-14(18)25-13)21-17(24)15-10(2)22-23(16(15)19)12-5-3-11(20)4-6-12/h3-9H,1-2H3,(H,21,24). The van der Waals surface area contributed by atoms with E-state index in [1.54, 1.807) is 25.1 Å². The summed E-state index contributed by atoms with van der Waals surface area (Å²) in [4.78, 5) is 13.6. The fourth-order valence-electron chi connectivity index (χ4n) is 2.41. The predicted octanol–water partition coefficient (Wildman–Crippen LogP) is 5.18. The molecule has 0 spiro atoms. The normalized spacial score (nSPS) is 12.2. The molecule has 2 heterocycles. The lowest BCUT2D eigenvalue weighted by molar-refractivity contribution is 0.0940. The summed E-state index contributed by atoms with van der Waals surface area (Å²) in [6, 6.07) is 9.16. The lowest BCUT2D eigenvalue weighted by Gasteiger charge is -2.12. The molecule has 4 nitrogen and oxygen atoms in total. The van der Waals surface area contributed by atoms with Crippen LogP contribution in [-0.4, -0.2) is 15.7 Å². The van der Waals surface area contributed by atoms with E-state index in [0.717, 1.165) is 4.88 Å². The number of benzene rings is 1. The maximum absolute atomic E-state index is 13.1. The number of halogens is 3. The van der Waals surface area contributed by atoms with Gasteiger partial charge in [-0.05, 0) is 50.2 Å². The van der Waals surface area contributed by atoms with Gasteiger partial charge in [-0.1, -0.05) is 23.2 Å². The molecule has 0 saturated heterocycles. The molecule has 3 rings (SSSR count). The van der Waals surface area contributed by atoms with Gasteiger partial charge in [-0.15, -0.1) is 11.3 Å². The monoisotopic (exact) mass is 397 g/mol. The smallest absolute Gasteiger partial charge is 0.256 e. The van der Waals surface area contributed by atoms with Crippen molar-refractivity contribution in [2.45, 2.75) is 19.9 Å². The molecule has 0 aliphatic heterocycles. The topological polar surface area (TPSA) is 46.9 Å². The molecule has 0 aliphatic carbocycles. The number of nitrogens with zero attached hydrogens (tertiary/aromatic N) is 2. The molecule has 0 fully saturated rings. The van der Waals surface area contributed by atoms with Crippen molar-refractivity contribution in [3.05, 3.63) is 67.8 Å². The quantitative estimate of drug-likeness (QED) is 0.659. The van der Waals surface area contributed by atoms with Gasteiger partial charge in [0.2, 0.25) is 0 Å². The van der Waals surface area contributed by atoms with Gasteiger partial charge in [0.05, 0.1) is 27.3 Å². The molecule has 0 bridgehead atoms. The number of thiophene rings is 1. The third-order valence-electron chi connectivity index (χ3n) is 3.67. The molecule has 8 heteroatoms. The second kappa shape index (κ2) is 7.15. The molecule has 1 atom stereocenters. The van der Waals surface area contributed by atoms with Crippen molar-refractivity contribution < 1.29 is 9.18 Å². The summed E-state index contributed by atoms with van der Waals surface area (Å²) < 4.78 is 15.2. The SMILES string of the molecule is Cc1nn(-c2ccc(F)cc2)c(Cl)c1C(=O)NC(C)c1ccc(Cl)s1. The van der Waals surface area contributed by atoms with Crippen LogP contribution >= 0.6 is 34.5 Å². The van der Waals surface area contributed by atoms with E-state index in [1.807, 2.05) is 13.0 Å². The zero-order valence-electron chi connectivity index (χ0n) is 13.4. The maximum Gasteiger partial charge on any atom is 0.256 e. The zero-order valence-corrected chi connectivity index (χ0v) is 15.7. The van der Waals surface area contributed by atoms with Crippen LogP contribution in [-0.2, 0) is 0 Å². The van der Waals surface area contributed by atoms with Crippen LogP contribution in [0.2, 0.25) is 9.49 Å². The Morgan fingerprint density at radius 2 is 1.92 bits per heavy atom. The van der Waals surface area contributed by atoms with Crippen molar-refractivity contribution in [1.82, 2.24) is 15.1 Å². The Morgan fingerprint density at radius 1 is 1.24 bits per heavy atom. The number of aromatic nitrogens is 2. The lowest BCUT2D eigenvalue weighted by Crippen LogP contribution is -2.26. The Labute approximate surface area is 158 Å². The van der Waals surface area contributed by atoms with Gasteiger partial charge in [-0.3, -0.25) is 4.79 Å². The van der Waals surface area contributed by atoms with Crippen molar-refractivity contribution in [3.63, 3.8) is 0 Å². The molecular formula is C17H14Cl2FN3OS. The van der Waals surface area contributed by atoms with E-state index in [2.05, 4.69) is 10.4 Å². The summed E-state index contributed by atoms with van der Waals surface area (Å²) in [5.74, 6) is -0.682. The van der Waals surface area contributed by atoms with Crippen LogP contribution in [0.25, 0.3) is 5.69 Å². The minimum absolute atomic E-state index is 0.179. The highest BCUT2D eigenvalue weighted by Gasteiger charge is 2.23. The number of carbonyl (C=O) groups is 1. The summed E-state index contributed by atoms with van der Waals surface area (Å²) in [5.41, 5.74) is 1.36. The maximum atomic E-state index is 13.1. The third kappa shape index (κ3) is 3.71. The first-order chi connectivity index (χ1) is 11.9. The predicted molar refractivity (Wildman–Crippen MR) is 98.5 cm³/mol. The van der Waals surface area contributed by atoms with Gasteiger partial charge >= 0.3 is 0 Å². The first-order valence-corrected chi connectivity index (χ1v) is 9.01. The van der Waals surface area contributed by atoms with Crippen LogP contribution < -0.4 is 5.32 Å². The molecule has 0 saturated carbocycles. The minimum Gasteiger partial charge on any atom is -0.345 e. The average molecular weight is 398 g/mol. The number of amides is 1. The summed E-state index contributed by atoms with van der Waals surface area (Å²) in [6.07, 6.45) is 0. The molecule has 1 amide bonds. The third-order valence-corrected chi connectivity index (χ3v) is 5.43. The number of rotatable bonds is 4. The highest BCUT2D eigenvalue weighted by Crippen LogP contribution is 2.28. The second-order valence-corrected chi connectivity index (χ2v) is 7.58. The molecular weight excluding hydrogens is 384 g/mol. The van der Waals surface area contributed by atoms with Gasteiger partial charge in [0, 0.05) is 4.88 Å². The van der Waals surface area contributed by atoms with Gasteiger partial charge in [0.1, 0.15) is 11.0 Å². The summed E-state index contributed by atoms with van der Waals surface area (Å²) >= 11 is 13.7. The van der Waals surface area contributed by atoms with E-state index in [-0.39, 0.29) is 22.9 Å². The van der Waals surface area contributed by atoms with Gasteiger partial charge < -0.3 is 5.32 Å². The molecule has 0 radical (unpaired) electrons. The Kier molecular flexibility index (Phi) is 5.13. The molecule has 0 aliphatic rings. The van der Waals surface area contributed by atoms with Gasteiger partial charge in [0.15, 0.2) is 0 Å². The number of carbonyl (C=O) groups excluding carboxylic acids is 1. The van der Waals surface area contributed by atoms with Crippen LogP contribution in [0.5, 0.6) is 0 Å². The highest BCUT2D eigenvalue weighted by molar-refractivity contribution is 7.16. The van der Waals surface area contributed by atoms with Crippen LogP contribution in [0.4, 0.5) is 4.39 Å². The summed E-state index contributed by atoms with van der Waals surface area (Å²) in [5, 5.41) is 7.37. The number of hydrogen-bond donors (Lipinski definition) is 1. The van der Waals surface area contributed by atoms with Crippen LogP contribution in [0.3, 0.4) is 0 Å². The molecule has 1 unspecified atom stereocenters. The molecule has 3 aromatic rings. The average Bonchev–Trinajstić information content (AvgIpc) is 3.12. The summed E-state index contributed by atoms with van der Waals surface area (Å²) in [7, 11) is 0. The fraction of sp³-hybridized carbons (Fsp3) is 0.176. The Morgan fingerprint density at radius 3 is 2.52 bits per heavy atom. The minimum atomic E-state index is -0.356. The van der Waals surface area contributed by atoms with Crippen LogP contribution in [0.1, 0.15) is 33.9 Å². The summed E-state index contributed by atoms with van der Waals surface area (Å²) in [6.45, 7) is 3.57. The van der Waals surface area contributed by atoms with Gasteiger partial charge in [-0.2, -0.15) is 5.10 Å². The van der Waals surface area contributed by atoms with E-state index >= 15 is 0 Å². The first-order valence-electron chi connectivity index (χ1n) is 7.44. The van der Waals surface area contributed by atoms with E-state index in [4.69, 9.17) is 23.2 Å². The number of aryl methyl sites for hydroxylation is 1. The fourth-order valence-corrected chi connectivity index (χ4v) is 3.83. The van der Waals surface area contributed by atoms with Gasteiger partial charge in [-0.25, -0.2) is 9.07 Å². The largest absolute Gasteiger partial charge is 0.345 e. The van der Waals surface area contributed by atoms with Crippen molar-refractivity contribution in [2.75, 3.05) is 0 Å².